The molecule has 0 aliphatic heterocycles. The van der Waals surface area contributed by atoms with Gasteiger partial charge in [-0.15, -0.1) is 0 Å². The Balaban J connectivity index is 2.28. The summed E-state index contributed by atoms with van der Waals surface area (Å²) in [5.74, 6) is 1.29. The molecule has 0 spiro atoms. The van der Waals surface area contributed by atoms with E-state index in [9.17, 15) is 0 Å². The molecule has 0 fully saturated rings. The van der Waals surface area contributed by atoms with Gasteiger partial charge in [-0.05, 0) is 30.3 Å². The third kappa shape index (κ3) is 2.75. The van der Waals surface area contributed by atoms with Crippen LogP contribution in [-0.2, 0) is 0 Å². The van der Waals surface area contributed by atoms with Crippen LogP contribution >= 0.6 is 0 Å². The number of anilines is 3. The number of hydrogen-bond acceptors (Lipinski definition) is 5. The van der Waals surface area contributed by atoms with E-state index in [-0.39, 0.29) is 0 Å². The van der Waals surface area contributed by atoms with Crippen molar-refractivity contribution in [2.24, 2.45) is 0 Å². The number of hydrogen-bond donors (Lipinski definition) is 2. The summed E-state index contributed by atoms with van der Waals surface area (Å²) in [5, 5.41) is 12.0. The molecule has 0 bridgehead atoms. The third-order valence-electron chi connectivity index (χ3n) is 2.84. The van der Waals surface area contributed by atoms with E-state index in [1.807, 2.05) is 18.2 Å². The summed E-state index contributed by atoms with van der Waals surface area (Å²) in [6, 6.07) is 12.6. The van der Waals surface area contributed by atoms with Crippen LogP contribution in [0.4, 0.5) is 17.1 Å². The van der Waals surface area contributed by atoms with Crippen LogP contribution in [0, 0.1) is 11.3 Å². The molecule has 20 heavy (non-hydrogen) atoms. The zero-order chi connectivity index (χ0) is 14.5. The number of ether oxygens (including phenoxy) is 2. The molecule has 102 valence electrons. The fraction of sp³-hybridized carbons (Fsp3) is 0.133. The molecule has 0 aliphatic rings. The largest absolute Gasteiger partial charge is 0.493 e. The molecule has 0 amide bonds. The molecule has 5 nitrogen and oxygen atoms in total. The highest BCUT2D eigenvalue weighted by molar-refractivity contribution is 5.74. The maximum Gasteiger partial charge on any atom is 0.162 e. The van der Waals surface area contributed by atoms with Crippen molar-refractivity contribution in [3.63, 3.8) is 0 Å². The normalized spacial score (nSPS) is 9.65. The van der Waals surface area contributed by atoms with Crippen LogP contribution in [-0.4, -0.2) is 14.2 Å². The summed E-state index contributed by atoms with van der Waals surface area (Å²) in [6.45, 7) is 0. The van der Waals surface area contributed by atoms with Gasteiger partial charge >= 0.3 is 0 Å². The van der Waals surface area contributed by atoms with Crippen molar-refractivity contribution in [1.29, 1.82) is 5.26 Å². The molecule has 0 atom stereocenters. The van der Waals surface area contributed by atoms with Crippen LogP contribution in [0.3, 0.4) is 0 Å². The van der Waals surface area contributed by atoms with E-state index in [0.29, 0.717) is 22.7 Å². The SMILES string of the molecule is COc1ccc(Nc2ccc(C#N)cc2N)cc1OC. The van der Waals surface area contributed by atoms with E-state index < -0.39 is 0 Å². The van der Waals surface area contributed by atoms with E-state index >= 15 is 0 Å². The van der Waals surface area contributed by atoms with Gasteiger partial charge in [-0.2, -0.15) is 5.26 Å². The third-order valence-corrected chi connectivity index (χ3v) is 2.84. The molecule has 2 aromatic rings. The van der Waals surface area contributed by atoms with Gasteiger partial charge in [0.1, 0.15) is 0 Å². The average Bonchev–Trinajstić information content (AvgIpc) is 2.49. The second-order valence-corrected chi connectivity index (χ2v) is 4.11. The Hall–Kier alpha value is -2.87. The van der Waals surface area contributed by atoms with Crippen LogP contribution in [0.2, 0.25) is 0 Å². The van der Waals surface area contributed by atoms with Crippen molar-refractivity contribution in [3.05, 3.63) is 42.0 Å². The van der Waals surface area contributed by atoms with Gasteiger partial charge in [0.2, 0.25) is 0 Å². The Bertz CT molecular complexity index is 663. The molecule has 3 N–H and O–H groups in total. The smallest absolute Gasteiger partial charge is 0.162 e. The van der Waals surface area contributed by atoms with Gasteiger partial charge in [-0.3, -0.25) is 0 Å². The van der Waals surface area contributed by atoms with Crippen molar-refractivity contribution >= 4 is 17.1 Å². The minimum Gasteiger partial charge on any atom is -0.493 e. The van der Waals surface area contributed by atoms with Crippen LogP contribution in [0.15, 0.2) is 36.4 Å². The molecule has 0 unspecified atom stereocenters. The van der Waals surface area contributed by atoms with Gasteiger partial charge in [0, 0.05) is 11.8 Å². The lowest BCUT2D eigenvalue weighted by molar-refractivity contribution is 0.355. The molecular weight excluding hydrogens is 254 g/mol. The van der Waals surface area contributed by atoms with Crippen molar-refractivity contribution in [1.82, 2.24) is 0 Å². The Kier molecular flexibility index (Phi) is 3.96. The first kappa shape index (κ1) is 13.6. The lowest BCUT2D eigenvalue weighted by atomic mass is 10.2. The minimum absolute atomic E-state index is 0.513. The molecule has 0 radical (unpaired) electrons. The lowest BCUT2D eigenvalue weighted by Crippen LogP contribution is -1.98. The van der Waals surface area contributed by atoms with Crippen LogP contribution in [0.25, 0.3) is 0 Å². The summed E-state index contributed by atoms with van der Waals surface area (Å²) < 4.78 is 10.4. The summed E-state index contributed by atoms with van der Waals surface area (Å²) in [4.78, 5) is 0. The fourth-order valence-electron chi connectivity index (χ4n) is 1.82. The van der Waals surface area contributed by atoms with E-state index in [2.05, 4.69) is 5.32 Å². The monoisotopic (exact) mass is 269 g/mol. The Labute approximate surface area is 117 Å². The topological polar surface area (TPSA) is 80.3 Å². The van der Waals surface area contributed by atoms with Gasteiger partial charge in [-0.1, -0.05) is 0 Å². The zero-order valence-corrected chi connectivity index (χ0v) is 11.3. The van der Waals surface area contributed by atoms with E-state index in [1.165, 1.54) is 0 Å². The summed E-state index contributed by atoms with van der Waals surface area (Å²) >= 11 is 0. The summed E-state index contributed by atoms with van der Waals surface area (Å²) in [6.07, 6.45) is 0. The molecule has 0 aliphatic carbocycles. The van der Waals surface area contributed by atoms with Crippen molar-refractivity contribution in [2.75, 3.05) is 25.3 Å². The van der Waals surface area contributed by atoms with Crippen molar-refractivity contribution < 1.29 is 9.47 Å². The molecule has 5 heteroatoms. The predicted molar refractivity (Wildman–Crippen MR) is 78.4 cm³/mol. The highest BCUT2D eigenvalue weighted by Crippen LogP contribution is 2.32. The first-order valence-corrected chi connectivity index (χ1v) is 5.96. The van der Waals surface area contributed by atoms with E-state index in [4.69, 9.17) is 20.5 Å². The van der Waals surface area contributed by atoms with Gasteiger partial charge in [0.05, 0.1) is 37.2 Å². The number of rotatable bonds is 4. The lowest BCUT2D eigenvalue weighted by Gasteiger charge is -2.12. The Morgan fingerprint density at radius 2 is 1.80 bits per heavy atom. The van der Waals surface area contributed by atoms with Crippen LogP contribution < -0.4 is 20.5 Å². The number of benzene rings is 2. The number of nitrogen functional groups attached to an aromatic ring is 1. The number of methoxy groups -OCH3 is 2. The molecule has 0 aromatic heterocycles. The fourth-order valence-corrected chi connectivity index (χ4v) is 1.82. The van der Waals surface area contributed by atoms with Crippen LogP contribution in [0.1, 0.15) is 5.56 Å². The molecule has 0 saturated carbocycles. The zero-order valence-electron chi connectivity index (χ0n) is 11.3. The highest BCUT2D eigenvalue weighted by Gasteiger charge is 2.06. The van der Waals surface area contributed by atoms with Crippen LogP contribution in [0.5, 0.6) is 11.5 Å². The Morgan fingerprint density at radius 3 is 2.40 bits per heavy atom. The number of nitrogens with zero attached hydrogens (tertiary/aromatic N) is 1. The first-order chi connectivity index (χ1) is 9.67. The highest BCUT2D eigenvalue weighted by atomic mass is 16.5. The molecule has 0 heterocycles. The summed E-state index contributed by atoms with van der Waals surface area (Å²) in [7, 11) is 3.17. The van der Waals surface area contributed by atoms with E-state index in [1.54, 1.807) is 38.5 Å². The standard InChI is InChI=1S/C15H15N3O2/c1-19-14-6-4-11(8-15(14)20-2)18-13-5-3-10(9-16)7-12(13)17/h3-8,18H,17H2,1-2H3. The maximum absolute atomic E-state index is 8.81. The van der Waals surface area contributed by atoms with E-state index in [0.717, 1.165) is 11.4 Å². The average molecular weight is 269 g/mol. The number of nitrogens with two attached hydrogens (primary N) is 1. The summed E-state index contributed by atoms with van der Waals surface area (Å²) in [5.41, 5.74) is 8.49. The molecule has 2 aromatic carbocycles. The maximum atomic E-state index is 8.81. The second kappa shape index (κ2) is 5.85. The minimum atomic E-state index is 0.513. The second-order valence-electron chi connectivity index (χ2n) is 4.11. The van der Waals surface area contributed by atoms with Crippen molar-refractivity contribution in [3.8, 4) is 17.6 Å². The number of nitrogens with one attached hydrogen (secondary N) is 1. The van der Waals surface area contributed by atoms with Gasteiger partial charge in [0.15, 0.2) is 11.5 Å². The van der Waals surface area contributed by atoms with Gasteiger partial charge < -0.3 is 20.5 Å². The Morgan fingerprint density at radius 1 is 1.05 bits per heavy atom. The molecular formula is C15H15N3O2. The first-order valence-electron chi connectivity index (χ1n) is 5.96. The van der Waals surface area contributed by atoms with Gasteiger partial charge in [0.25, 0.3) is 0 Å². The van der Waals surface area contributed by atoms with Crippen molar-refractivity contribution in [2.45, 2.75) is 0 Å². The number of nitriles is 1. The molecule has 0 saturated heterocycles. The van der Waals surface area contributed by atoms with Gasteiger partial charge in [-0.25, -0.2) is 0 Å². The quantitative estimate of drug-likeness (QED) is 0.834. The molecule has 2 rings (SSSR count). The predicted octanol–water partition coefficient (Wildman–Crippen LogP) is 2.90.